The number of carbonyl (C=O) groups excluding carboxylic acids is 1. The largest absolute Gasteiger partial charge is 0.497 e. The van der Waals surface area contributed by atoms with E-state index in [4.69, 9.17) is 9.47 Å². The number of ether oxygens (including phenoxy) is 2. The number of benzene rings is 1. The Morgan fingerprint density at radius 2 is 2.08 bits per heavy atom. The molecule has 1 N–H and O–H groups in total. The lowest BCUT2D eigenvalue weighted by atomic mass is 9.78. The number of aliphatic carboxylic acids is 1. The van der Waals surface area contributed by atoms with Crippen LogP contribution in [0.1, 0.15) is 50.8 Å². The zero-order valence-electron chi connectivity index (χ0n) is 15.2. The fourth-order valence-corrected chi connectivity index (χ4v) is 4.18. The van der Waals surface area contributed by atoms with Gasteiger partial charge in [-0.05, 0) is 56.9 Å². The molecule has 1 saturated heterocycles. The third-order valence-electron chi connectivity index (χ3n) is 5.06. The number of amides is 1. The van der Waals surface area contributed by atoms with Crippen molar-refractivity contribution in [3.05, 3.63) is 29.3 Å². The molecular weight excluding hydrogens is 322 g/mol. The van der Waals surface area contributed by atoms with Crippen molar-refractivity contribution >= 4 is 12.1 Å². The number of carbonyl (C=O) groups is 2. The van der Waals surface area contributed by atoms with E-state index in [0.29, 0.717) is 25.1 Å². The quantitative estimate of drug-likeness (QED) is 0.907. The molecule has 2 unspecified atom stereocenters. The van der Waals surface area contributed by atoms with Crippen molar-refractivity contribution in [2.24, 2.45) is 5.41 Å². The third kappa shape index (κ3) is 3.17. The molecule has 2 atom stereocenters. The first kappa shape index (κ1) is 17.6. The Bertz CT molecular complexity index is 708. The van der Waals surface area contributed by atoms with E-state index in [9.17, 15) is 14.7 Å². The van der Waals surface area contributed by atoms with Crippen molar-refractivity contribution in [2.75, 3.05) is 13.7 Å². The van der Waals surface area contributed by atoms with Crippen LogP contribution in [-0.2, 0) is 16.0 Å². The normalized spacial score (nSPS) is 24.6. The molecule has 1 fully saturated rings. The molecule has 3 rings (SSSR count). The van der Waals surface area contributed by atoms with Crippen LogP contribution in [0.25, 0.3) is 0 Å². The first-order valence-corrected chi connectivity index (χ1v) is 8.53. The van der Waals surface area contributed by atoms with Gasteiger partial charge in [-0.25, -0.2) is 4.79 Å². The number of carboxylic acids is 1. The third-order valence-corrected chi connectivity index (χ3v) is 5.06. The summed E-state index contributed by atoms with van der Waals surface area (Å²) in [5, 5.41) is 9.45. The minimum absolute atomic E-state index is 0.0357. The van der Waals surface area contributed by atoms with E-state index in [1.54, 1.807) is 12.0 Å². The summed E-state index contributed by atoms with van der Waals surface area (Å²) in [5.41, 5.74) is 0.992. The molecule has 0 bridgehead atoms. The number of fused-ring (bicyclic) bond motifs is 3. The molecule has 0 aromatic heterocycles. The standard InChI is InChI=1S/C19H25NO5/c1-18(2,3)25-17(23)20-8-7-19(11-15(21)22)10-12-5-6-13(24-4)9-14(12)16(19)20/h5-6,9,16H,7-8,10-11H2,1-4H3,(H,21,22). The summed E-state index contributed by atoms with van der Waals surface area (Å²) in [4.78, 5) is 25.9. The van der Waals surface area contributed by atoms with Gasteiger partial charge in [0.25, 0.3) is 0 Å². The molecule has 1 aliphatic heterocycles. The molecule has 25 heavy (non-hydrogen) atoms. The maximum atomic E-state index is 12.7. The molecule has 1 aliphatic carbocycles. The van der Waals surface area contributed by atoms with Gasteiger partial charge < -0.3 is 19.5 Å². The maximum Gasteiger partial charge on any atom is 0.410 e. The number of nitrogens with zero attached hydrogens (tertiary/aromatic N) is 1. The van der Waals surface area contributed by atoms with Crippen LogP contribution in [0.15, 0.2) is 18.2 Å². The minimum Gasteiger partial charge on any atom is -0.497 e. The summed E-state index contributed by atoms with van der Waals surface area (Å²) in [6.45, 7) is 5.99. The molecule has 6 nitrogen and oxygen atoms in total. The lowest BCUT2D eigenvalue weighted by Gasteiger charge is -2.33. The van der Waals surface area contributed by atoms with Crippen LogP contribution >= 0.6 is 0 Å². The van der Waals surface area contributed by atoms with E-state index in [0.717, 1.165) is 11.1 Å². The van der Waals surface area contributed by atoms with Crippen LogP contribution < -0.4 is 4.74 Å². The van der Waals surface area contributed by atoms with Gasteiger partial charge in [-0.1, -0.05) is 6.07 Å². The number of hydrogen-bond donors (Lipinski definition) is 1. The van der Waals surface area contributed by atoms with Gasteiger partial charge in [0.05, 0.1) is 19.6 Å². The zero-order valence-corrected chi connectivity index (χ0v) is 15.2. The molecule has 136 valence electrons. The lowest BCUT2D eigenvalue weighted by Crippen LogP contribution is -2.38. The van der Waals surface area contributed by atoms with E-state index in [-0.39, 0.29) is 18.6 Å². The van der Waals surface area contributed by atoms with Gasteiger partial charge in [-0.3, -0.25) is 4.79 Å². The fraction of sp³-hybridized carbons (Fsp3) is 0.579. The van der Waals surface area contributed by atoms with E-state index in [1.807, 2.05) is 39.0 Å². The van der Waals surface area contributed by atoms with Crippen LogP contribution in [0.3, 0.4) is 0 Å². The van der Waals surface area contributed by atoms with Gasteiger partial charge in [0.1, 0.15) is 11.4 Å². The van der Waals surface area contributed by atoms with Crippen LogP contribution in [0.5, 0.6) is 5.75 Å². The molecule has 1 aromatic carbocycles. The van der Waals surface area contributed by atoms with Gasteiger partial charge in [-0.2, -0.15) is 0 Å². The molecule has 2 aliphatic rings. The first-order chi connectivity index (χ1) is 11.6. The Balaban J connectivity index is 2.00. The summed E-state index contributed by atoms with van der Waals surface area (Å²) in [6, 6.07) is 5.49. The van der Waals surface area contributed by atoms with Crippen LogP contribution in [0.2, 0.25) is 0 Å². The average Bonchev–Trinajstić information content (AvgIpc) is 2.97. The van der Waals surface area contributed by atoms with Gasteiger partial charge in [0, 0.05) is 12.0 Å². The Kier molecular flexibility index (Phi) is 4.17. The van der Waals surface area contributed by atoms with Crippen LogP contribution in [0, 0.1) is 5.41 Å². The summed E-state index contributed by atoms with van der Waals surface area (Å²) in [7, 11) is 1.60. The predicted molar refractivity (Wildman–Crippen MR) is 91.7 cm³/mol. The minimum atomic E-state index is -0.837. The monoisotopic (exact) mass is 347 g/mol. The second-order valence-electron chi connectivity index (χ2n) is 8.00. The number of carboxylic acid groups (broad SMARTS) is 1. The number of likely N-dealkylation sites (tertiary alicyclic amines) is 1. The summed E-state index contributed by atoms with van der Waals surface area (Å²) >= 11 is 0. The number of rotatable bonds is 3. The van der Waals surface area contributed by atoms with Gasteiger partial charge in [0.15, 0.2) is 0 Å². The Morgan fingerprint density at radius 1 is 1.36 bits per heavy atom. The van der Waals surface area contributed by atoms with Crippen molar-refractivity contribution in [1.29, 1.82) is 0 Å². The van der Waals surface area contributed by atoms with E-state index in [2.05, 4.69) is 0 Å². The summed E-state index contributed by atoms with van der Waals surface area (Å²) in [5.74, 6) is -0.128. The zero-order chi connectivity index (χ0) is 18.4. The van der Waals surface area contributed by atoms with Crippen molar-refractivity contribution in [3.8, 4) is 5.75 Å². The highest BCUT2D eigenvalue weighted by molar-refractivity contribution is 5.73. The molecule has 1 aromatic rings. The van der Waals surface area contributed by atoms with Crippen molar-refractivity contribution < 1.29 is 24.2 Å². The second kappa shape index (κ2) is 5.93. The SMILES string of the molecule is COc1ccc2c(c1)C1N(C(=O)OC(C)(C)C)CCC1(CC(=O)O)C2. The van der Waals surface area contributed by atoms with E-state index in [1.165, 1.54) is 0 Å². The summed E-state index contributed by atoms with van der Waals surface area (Å²) in [6.07, 6.45) is 0.956. The topological polar surface area (TPSA) is 76.1 Å². The first-order valence-electron chi connectivity index (χ1n) is 8.53. The average molecular weight is 347 g/mol. The highest BCUT2D eigenvalue weighted by Crippen LogP contribution is 2.58. The Hall–Kier alpha value is -2.24. The maximum absolute atomic E-state index is 12.7. The molecule has 6 heteroatoms. The van der Waals surface area contributed by atoms with Crippen molar-refractivity contribution in [3.63, 3.8) is 0 Å². The van der Waals surface area contributed by atoms with Crippen LogP contribution in [-0.4, -0.2) is 41.3 Å². The molecule has 0 spiro atoms. The number of methoxy groups -OCH3 is 1. The van der Waals surface area contributed by atoms with Crippen molar-refractivity contribution in [1.82, 2.24) is 4.90 Å². The smallest absolute Gasteiger partial charge is 0.410 e. The highest BCUT2D eigenvalue weighted by atomic mass is 16.6. The van der Waals surface area contributed by atoms with Crippen molar-refractivity contribution in [2.45, 2.75) is 51.7 Å². The second-order valence-corrected chi connectivity index (χ2v) is 8.00. The highest BCUT2D eigenvalue weighted by Gasteiger charge is 2.56. The molecule has 1 amide bonds. The molecule has 1 heterocycles. The lowest BCUT2D eigenvalue weighted by molar-refractivity contribution is -0.140. The van der Waals surface area contributed by atoms with Gasteiger partial charge in [-0.15, -0.1) is 0 Å². The van der Waals surface area contributed by atoms with E-state index >= 15 is 0 Å². The van der Waals surface area contributed by atoms with Gasteiger partial charge in [0.2, 0.25) is 0 Å². The predicted octanol–water partition coefficient (Wildman–Crippen LogP) is 3.39. The molecule has 0 saturated carbocycles. The number of hydrogen-bond acceptors (Lipinski definition) is 4. The Labute approximate surface area is 147 Å². The van der Waals surface area contributed by atoms with E-state index < -0.39 is 17.0 Å². The molecular formula is C19H25NO5. The molecule has 0 radical (unpaired) electrons. The van der Waals surface area contributed by atoms with Gasteiger partial charge >= 0.3 is 12.1 Å². The summed E-state index contributed by atoms with van der Waals surface area (Å²) < 4.78 is 10.9. The van der Waals surface area contributed by atoms with Crippen LogP contribution in [0.4, 0.5) is 4.79 Å². The Morgan fingerprint density at radius 3 is 2.68 bits per heavy atom. The fourth-order valence-electron chi connectivity index (χ4n) is 4.18.